The zero-order valence-electron chi connectivity index (χ0n) is 11.7. The molecule has 1 aromatic carbocycles. The maximum atomic E-state index is 12.5. The molecule has 116 valence electrons. The summed E-state index contributed by atoms with van der Waals surface area (Å²) in [6.45, 7) is 0.871. The minimum Gasteiger partial charge on any atom is -0.486 e. The van der Waals surface area contributed by atoms with Crippen LogP contribution < -0.4 is 9.47 Å². The fourth-order valence-electron chi connectivity index (χ4n) is 2.30. The molecule has 2 heterocycles. The van der Waals surface area contributed by atoms with Crippen LogP contribution in [0.5, 0.6) is 11.5 Å². The fraction of sp³-hybridized carbons (Fsp3) is 0.429. The van der Waals surface area contributed by atoms with Gasteiger partial charge >= 0.3 is 0 Å². The van der Waals surface area contributed by atoms with E-state index in [1.54, 1.807) is 6.07 Å². The molecule has 0 N–H and O–H groups in total. The van der Waals surface area contributed by atoms with Gasteiger partial charge in [0.1, 0.15) is 19.0 Å². The smallest absolute Gasteiger partial charge is 0.242 e. The highest BCUT2D eigenvalue weighted by atomic mass is 32.2. The number of hydrogen-bond acceptors (Lipinski definition) is 7. The van der Waals surface area contributed by atoms with Gasteiger partial charge in [-0.2, -0.15) is 4.98 Å². The fourth-order valence-corrected chi connectivity index (χ4v) is 3.47. The molecular formula is C14H14N2O5S. The van der Waals surface area contributed by atoms with E-state index in [-0.39, 0.29) is 16.5 Å². The highest BCUT2D eigenvalue weighted by Crippen LogP contribution is 2.38. The van der Waals surface area contributed by atoms with Gasteiger partial charge in [0.15, 0.2) is 27.2 Å². The number of aromatic nitrogens is 2. The van der Waals surface area contributed by atoms with E-state index in [1.165, 1.54) is 12.1 Å². The van der Waals surface area contributed by atoms with E-state index in [2.05, 4.69) is 10.1 Å². The first-order chi connectivity index (χ1) is 10.6. The van der Waals surface area contributed by atoms with E-state index >= 15 is 0 Å². The molecule has 0 saturated heterocycles. The Morgan fingerprint density at radius 3 is 2.68 bits per heavy atom. The van der Waals surface area contributed by atoms with Crippen LogP contribution in [0.2, 0.25) is 0 Å². The lowest BCUT2D eigenvalue weighted by Gasteiger charge is -2.18. The highest BCUT2D eigenvalue weighted by molar-refractivity contribution is 7.90. The van der Waals surface area contributed by atoms with E-state index in [4.69, 9.17) is 14.0 Å². The molecule has 0 unspecified atom stereocenters. The highest BCUT2D eigenvalue weighted by Gasteiger charge is 2.30. The molecule has 1 saturated carbocycles. The molecule has 0 bridgehead atoms. The quantitative estimate of drug-likeness (QED) is 0.845. The minimum atomic E-state index is -3.57. The van der Waals surface area contributed by atoms with Gasteiger partial charge in [-0.3, -0.25) is 0 Å². The number of benzene rings is 1. The molecule has 7 nitrogen and oxygen atoms in total. The molecule has 0 amide bonds. The Morgan fingerprint density at radius 1 is 1.14 bits per heavy atom. The Morgan fingerprint density at radius 2 is 1.91 bits per heavy atom. The SMILES string of the molecule is O=S(=O)(Cc1nc(C2CC2)no1)c1ccc2c(c1)OCCO2. The second-order valence-electron chi connectivity index (χ2n) is 5.39. The molecule has 0 spiro atoms. The average molecular weight is 322 g/mol. The minimum absolute atomic E-state index is 0.122. The maximum Gasteiger partial charge on any atom is 0.242 e. The summed E-state index contributed by atoms with van der Waals surface area (Å²) in [4.78, 5) is 4.31. The van der Waals surface area contributed by atoms with Crippen LogP contribution in [0.25, 0.3) is 0 Å². The summed E-state index contributed by atoms with van der Waals surface area (Å²) in [6, 6.07) is 4.58. The van der Waals surface area contributed by atoms with Crippen LogP contribution >= 0.6 is 0 Å². The van der Waals surface area contributed by atoms with E-state index in [0.29, 0.717) is 36.5 Å². The molecule has 4 rings (SSSR count). The van der Waals surface area contributed by atoms with Gasteiger partial charge in [0, 0.05) is 12.0 Å². The Balaban J connectivity index is 1.59. The molecule has 0 atom stereocenters. The Hall–Kier alpha value is -2.09. The van der Waals surface area contributed by atoms with Crippen LogP contribution in [0.1, 0.15) is 30.5 Å². The van der Waals surface area contributed by atoms with Crippen LogP contribution in [0.3, 0.4) is 0 Å². The molecule has 1 aromatic heterocycles. The second-order valence-corrected chi connectivity index (χ2v) is 7.37. The summed E-state index contributed by atoms with van der Waals surface area (Å²) in [6.07, 6.45) is 2.07. The van der Waals surface area contributed by atoms with Gasteiger partial charge in [-0.1, -0.05) is 5.16 Å². The predicted molar refractivity (Wildman–Crippen MR) is 74.6 cm³/mol. The van der Waals surface area contributed by atoms with Gasteiger partial charge in [0.2, 0.25) is 5.89 Å². The lowest BCUT2D eigenvalue weighted by atomic mass is 10.3. The van der Waals surface area contributed by atoms with Crippen LogP contribution in [0.4, 0.5) is 0 Å². The third-order valence-corrected chi connectivity index (χ3v) is 5.21. The van der Waals surface area contributed by atoms with Gasteiger partial charge < -0.3 is 14.0 Å². The largest absolute Gasteiger partial charge is 0.486 e. The monoisotopic (exact) mass is 322 g/mol. The zero-order chi connectivity index (χ0) is 15.2. The van der Waals surface area contributed by atoms with Crippen LogP contribution in [0.15, 0.2) is 27.6 Å². The average Bonchev–Trinajstić information content (AvgIpc) is 3.27. The first-order valence-corrected chi connectivity index (χ1v) is 8.72. The summed E-state index contributed by atoms with van der Waals surface area (Å²) >= 11 is 0. The van der Waals surface area contributed by atoms with Crippen molar-refractivity contribution in [2.75, 3.05) is 13.2 Å². The van der Waals surface area contributed by atoms with Crippen LogP contribution in [-0.2, 0) is 15.6 Å². The number of sulfone groups is 1. The van der Waals surface area contributed by atoms with Gasteiger partial charge in [-0.15, -0.1) is 0 Å². The Bertz CT molecular complexity index is 810. The Labute approximate surface area is 127 Å². The molecule has 0 radical (unpaired) electrons. The summed E-state index contributed by atoms with van der Waals surface area (Å²) in [7, 11) is -3.57. The van der Waals surface area contributed by atoms with Crippen molar-refractivity contribution in [3.05, 3.63) is 29.9 Å². The number of nitrogens with zero attached hydrogens (tertiary/aromatic N) is 2. The lowest BCUT2D eigenvalue weighted by Crippen LogP contribution is -2.16. The molecular weight excluding hydrogens is 308 g/mol. The second kappa shape index (κ2) is 4.98. The van der Waals surface area contributed by atoms with Crippen molar-refractivity contribution in [1.82, 2.24) is 10.1 Å². The summed E-state index contributed by atoms with van der Waals surface area (Å²) in [5, 5.41) is 3.83. The van der Waals surface area contributed by atoms with Gasteiger partial charge in [-0.25, -0.2) is 8.42 Å². The number of fused-ring (bicyclic) bond motifs is 1. The van der Waals surface area contributed by atoms with Gasteiger partial charge in [0.25, 0.3) is 0 Å². The first-order valence-electron chi connectivity index (χ1n) is 7.07. The maximum absolute atomic E-state index is 12.5. The number of hydrogen-bond donors (Lipinski definition) is 0. The van der Waals surface area contributed by atoms with E-state index < -0.39 is 9.84 Å². The summed E-state index contributed by atoms with van der Waals surface area (Å²) in [5.74, 6) is 1.74. The van der Waals surface area contributed by atoms with Crippen LogP contribution in [0, 0.1) is 0 Å². The Kier molecular flexibility index (Phi) is 3.07. The first kappa shape index (κ1) is 13.6. The third kappa shape index (κ3) is 2.54. The van der Waals surface area contributed by atoms with Crippen molar-refractivity contribution >= 4 is 9.84 Å². The van der Waals surface area contributed by atoms with Crippen molar-refractivity contribution < 1.29 is 22.4 Å². The van der Waals surface area contributed by atoms with E-state index in [0.717, 1.165) is 12.8 Å². The molecule has 2 aromatic rings. The molecule has 2 aliphatic rings. The lowest BCUT2D eigenvalue weighted by molar-refractivity contribution is 0.171. The van der Waals surface area contributed by atoms with Crippen molar-refractivity contribution in [1.29, 1.82) is 0 Å². The van der Waals surface area contributed by atoms with E-state index in [1.807, 2.05) is 0 Å². The topological polar surface area (TPSA) is 91.5 Å². The third-order valence-electron chi connectivity index (χ3n) is 3.61. The van der Waals surface area contributed by atoms with Crippen molar-refractivity contribution in [3.8, 4) is 11.5 Å². The van der Waals surface area contributed by atoms with Crippen molar-refractivity contribution in [3.63, 3.8) is 0 Å². The summed E-state index contributed by atoms with van der Waals surface area (Å²) in [5.41, 5.74) is 0. The predicted octanol–water partition coefficient (Wildman–Crippen LogP) is 1.69. The van der Waals surface area contributed by atoms with Crippen molar-refractivity contribution in [2.24, 2.45) is 0 Å². The number of ether oxygens (including phenoxy) is 2. The summed E-state index contributed by atoms with van der Waals surface area (Å²) < 4.78 is 40.8. The standard InChI is InChI=1S/C14H14N2O5S/c17-22(18,8-13-15-14(16-21-13)9-1-2-9)10-3-4-11-12(7-10)20-6-5-19-11/h3-4,7,9H,1-2,5-6,8H2. The van der Waals surface area contributed by atoms with Gasteiger partial charge in [0.05, 0.1) is 4.90 Å². The normalized spacial score (nSPS) is 17.5. The molecule has 1 aliphatic carbocycles. The molecule has 1 fully saturated rings. The van der Waals surface area contributed by atoms with E-state index in [9.17, 15) is 8.42 Å². The van der Waals surface area contributed by atoms with Crippen molar-refractivity contribution in [2.45, 2.75) is 29.4 Å². The number of rotatable bonds is 4. The molecule has 1 aliphatic heterocycles. The van der Waals surface area contributed by atoms with Crippen LogP contribution in [-0.4, -0.2) is 31.8 Å². The van der Waals surface area contributed by atoms with Gasteiger partial charge in [-0.05, 0) is 25.0 Å². The molecule has 22 heavy (non-hydrogen) atoms. The zero-order valence-corrected chi connectivity index (χ0v) is 12.5. The molecule has 8 heteroatoms.